The van der Waals surface area contributed by atoms with Crippen molar-refractivity contribution in [2.45, 2.75) is 38.0 Å². The first-order valence-corrected chi connectivity index (χ1v) is 9.50. The standard InChI is InChI=1S/C22H21F4NO3/c1-2-18-15(12-16-13-19(23)21(16,29)22(24,25)26)8-6-7-11-27(18)20(28)14-30-17-9-4-3-5-10-17/h2-5,9-10,12,29H,6-8,11,14H2,1H3/b15-12-,18-2?. The van der Waals surface area contributed by atoms with E-state index in [2.05, 4.69) is 0 Å². The zero-order valence-electron chi connectivity index (χ0n) is 16.3. The van der Waals surface area contributed by atoms with Gasteiger partial charge in [0.05, 0.1) is 0 Å². The molecule has 30 heavy (non-hydrogen) atoms. The molecule has 0 bridgehead atoms. The summed E-state index contributed by atoms with van der Waals surface area (Å²) in [6, 6.07) is 8.77. The molecule has 1 saturated heterocycles. The molecule has 3 rings (SSSR count). The Labute approximate surface area is 171 Å². The maximum atomic E-state index is 13.5. The van der Waals surface area contributed by atoms with E-state index in [1.165, 1.54) is 4.90 Å². The van der Waals surface area contributed by atoms with Gasteiger partial charge in [-0.2, -0.15) is 17.6 Å². The van der Waals surface area contributed by atoms with Crippen LogP contribution in [0.4, 0.5) is 17.6 Å². The number of halogens is 4. The van der Waals surface area contributed by atoms with Crippen LogP contribution in [0.2, 0.25) is 0 Å². The third-order valence-electron chi connectivity index (χ3n) is 5.06. The van der Waals surface area contributed by atoms with E-state index < -0.39 is 23.2 Å². The van der Waals surface area contributed by atoms with Gasteiger partial charge in [-0.15, -0.1) is 0 Å². The number of para-hydroxylation sites is 1. The second kappa shape index (κ2) is 8.50. The summed E-state index contributed by atoms with van der Waals surface area (Å²) in [5.74, 6) is -1.59. The normalized spacial score (nSPS) is 24.8. The quantitative estimate of drug-likeness (QED) is 0.569. The van der Waals surface area contributed by atoms with Gasteiger partial charge in [0, 0.05) is 17.8 Å². The van der Waals surface area contributed by atoms with Crippen LogP contribution in [-0.4, -0.2) is 40.8 Å². The lowest BCUT2D eigenvalue weighted by Crippen LogP contribution is -2.50. The maximum Gasteiger partial charge on any atom is 0.429 e. The Bertz CT molecular complexity index is 943. The molecule has 1 heterocycles. The predicted molar refractivity (Wildman–Crippen MR) is 102 cm³/mol. The van der Waals surface area contributed by atoms with Gasteiger partial charge in [0.15, 0.2) is 12.4 Å². The summed E-state index contributed by atoms with van der Waals surface area (Å²) in [6.45, 7) is 1.80. The van der Waals surface area contributed by atoms with E-state index in [0.717, 1.165) is 6.08 Å². The highest BCUT2D eigenvalue weighted by molar-refractivity contribution is 5.80. The van der Waals surface area contributed by atoms with E-state index in [-0.39, 0.29) is 12.5 Å². The smallest absolute Gasteiger partial charge is 0.429 e. The molecule has 0 spiro atoms. The van der Waals surface area contributed by atoms with Gasteiger partial charge in [-0.1, -0.05) is 30.0 Å². The summed E-state index contributed by atoms with van der Waals surface area (Å²) < 4.78 is 58.5. The molecule has 1 aromatic rings. The molecule has 1 aromatic carbocycles. The summed E-state index contributed by atoms with van der Waals surface area (Å²) in [5, 5.41) is 9.82. The Morgan fingerprint density at radius 3 is 2.60 bits per heavy atom. The van der Waals surface area contributed by atoms with E-state index in [4.69, 9.17) is 4.74 Å². The summed E-state index contributed by atoms with van der Waals surface area (Å²) in [4.78, 5) is 14.2. The van der Waals surface area contributed by atoms with Crippen LogP contribution in [0.5, 0.6) is 5.75 Å². The first kappa shape index (κ1) is 21.9. The van der Waals surface area contributed by atoms with Crippen LogP contribution in [-0.2, 0) is 4.79 Å². The molecular weight excluding hydrogens is 402 g/mol. The fraction of sp³-hybridized carbons (Fsp3) is 0.364. The van der Waals surface area contributed by atoms with Gasteiger partial charge in [-0.3, -0.25) is 4.79 Å². The third-order valence-corrected chi connectivity index (χ3v) is 5.06. The van der Waals surface area contributed by atoms with Gasteiger partial charge < -0.3 is 14.7 Å². The number of amides is 1. The number of nitrogens with zero attached hydrogens (tertiary/aromatic N) is 1. The highest BCUT2D eigenvalue weighted by atomic mass is 19.4. The van der Waals surface area contributed by atoms with E-state index >= 15 is 0 Å². The number of rotatable bonds is 4. The Kier molecular flexibility index (Phi) is 6.19. The highest BCUT2D eigenvalue weighted by Crippen LogP contribution is 2.47. The number of carbonyl (C=O) groups excluding carboxylic acids is 1. The van der Waals surface area contributed by atoms with Crippen LogP contribution >= 0.6 is 0 Å². The molecule has 1 aliphatic carbocycles. The topological polar surface area (TPSA) is 49.8 Å². The lowest BCUT2D eigenvalue weighted by Gasteiger charge is -2.33. The number of likely N-dealkylation sites (tertiary alicyclic amines) is 1. The van der Waals surface area contributed by atoms with Crippen molar-refractivity contribution < 1.29 is 32.2 Å². The maximum absolute atomic E-state index is 13.5. The molecule has 0 saturated carbocycles. The number of hydrogen-bond donors (Lipinski definition) is 1. The zero-order valence-corrected chi connectivity index (χ0v) is 16.3. The van der Waals surface area contributed by atoms with Gasteiger partial charge in [0.1, 0.15) is 5.75 Å². The minimum Gasteiger partial charge on any atom is -0.484 e. The van der Waals surface area contributed by atoms with Crippen molar-refractivity contribution in [3.05, 3.63) is 70.9 Å². The van der Waals surface area contributed by atoms with Crippen molar-refractivity contribution in [3.63, 3.8) is 0 Å². The first-order valence-electron chi connectivity index (χ1n) is 9.50. The summed E-state index contributed by atoms with van der Waals surface area (Å²) >= 11 is 0. The van der Waals surface area contributed by atoms with Crippen LogP contribution in [0, 0.1) is 0 Å². The molecule has 0 radical (unpaired) electrons. The monoisotopic (exact) mass is 423 g/mol. The number of benzene rings is 1. The van der Waals surface area contributed by atoms with Crippen molar-refractivity contribution >= 4 is 5.91 Å². The minimum absolute atomic E-state index is 0.238. The van der Waals surface area contributed by atoms with Gasteiger partial charge in [0.2, 0.25) is 0 Å². The van der Waals surface area contributed by atoms with E-state index in [0.29, 0.717) is 42.8 Å². The Morgan fingerprint density at radius 1 is 1.30 bits per heavy atom. The lowest BCUT2D eigenvalue weighted by molar-refractivity contribution is -0.237. The molecular formula is C22H21F4NO3. The van der Waals surface area contributed by atoms with Crippen molar-refractivity contribution in [3.8, 4) is 5.75 Å². The number of alkyl halides is 3. The van der Waals surface area contributed by atoms with E-state index in [1.54, 1.807) is 37.3 Å². The summed E-state index contributed by atoms with van der Waals surface area (Å²) in [5.41, 5.74) is -1.63. The number of carbonyl (C=O) groups is 1. The SMILES string of the molecule is CC=C1/C(=C\C2=C=C(F)C2(O)C(F)(F)F)CCCCN1C(=O)COc1ccccc1. The first-order chi connectivity index (χ1) is 14.2. The highest BCUT2D eigenvalue weighted by Gasteiger charge is 2.63. The average Bonchev–Trinajstić information content (AvgIpc) is 2.93. The molecule has 160 valence electrons. The van der Waals surface area contributed by atoms with E-state index in [1.807, 2.05) is 11.8 Å². The van der Waals surface area contributed by atoms with Gasteiger partial charge >= 0.3 is 6.18 Å². The minimum atomic E-state index is -5.20. The molecule has 2 aliphatic rings. The number of ether oxygens (including phenoxy) is 1. The summed E-state index contributed by atoms with van der Waals surface area (Å²) in [6.07, 6.45) is -0.869. The lowest BCUT2D eigenvalue weighted by atomic mass is 9.82. The molecule has 1 atom stereocenters. The van der Waals surface area contributed by atoms with Crippen LogP contribution in [0.3, 0.4) is 0 Å². The fourth-order valence-corrected chi connectivity index (χ4v) is 3.44. The van der Waals surface area contributed by atoms with Crippen LogP contribution in [0.15, 0.2) is 70.9 Å². The van der Waals surface area contributed by atoms with E-state index in [9.17, 15) is 27.5 Å². The van der Waals surface area contributed by atoms with Crippen LogP contribution in [0.1, 0.15) is 26.2 Å². The molecule has 1 fully saturated rings. The second-order valence-corrected chi connectivity index (χ2v) is 7.01. The Morgan fingerprint density at radius 2 is 2.00 bits per heavy atom. The van der Waals surface area contributed by atoms with Crippen molar-refractivity contribution in [1.82, 2.24) is 4.90 Å². The van der Waals surface area contributed by atoms with Crippen molar-refractivity contribution in [1.29, 1.82) is 0 Å². The third kappa shape index (κ3) is 4.06. The average molecular weight is 423 g/mol. The number of hydrogen-bond acceptors (Lipinski definition) is 3. The molecule has 8 heteroatoms. The second-order valence-electron chi connectivity index (χ2n) is 7.01. The number of allylic oxidation sites excluding steroid dienone is 2. The molecule has 0 aromatic heterocycles. The van der Waals surface area contributed by atoms with Crippen molar-refractivity contribution in [2.24, 2.45) is 0 Å². The molecule has 1 N–H and O–H groups in total. The fourth-order valence-electron chi connectivity index (χ4n) is 3.44. The summed E-state index contributed by atoms with van der Waals surface area (Å²) in [7, 11) is 0. The predicted octanol–water partition coefficient (Wildman–Crippen LogP) is 4.59. The van der Waals surface area contributed by atoms with Crippen molar-refractivity contribution in [2.75, 3.05) is 13.2 Å². The van der Waals surface area contributed by atoms with Gasteiger partial charge in [0.25, 0.3) is 11.5 Å². The number of aliphatic hydroxyl groups is 1. The molecule has 1 unspecified atom stereocenters. The Balaban J connectivity index is 1.84. The Hall–Kier alpha value is -2.83. The van der Waals surface area contributed by atoms with Crippen LogP contribution < -0.4 is 4.74 Å². The zero-order chi connectivity index (χ0) is 21.9. The largest absolute Gasteiger partial charge is 0.484 e. The molecule has 1 aliphatic heterocycles. The molecule has 4 nitrogen and oxygen atoms in total. The molecule has 1 amide bonds. The van der Waals surface area contributed by atoms with Crippen LogP contribution in [0.25, 0.3) is 0 Å². The van der Waals surface area contributed by atoms with Gasteiger partial charge in [-0.05, 0) is 50.0 Å². The van der Waals surface area contributed by atoms with Gasteiger partial charge in [-0.25, -0.2) is 0 Å².